The van der Waals surface area contributed by atoms with Gasteiger partial charge in [0.15, 0.2) is 0 Å². The predicted molar refractivity (Wildman–Crippen MR) is 58.2 cm³/mol. The summed E-state index contributed by atoms with van der Waals surface area (Å²) < 4.78 is 43.2. The molecule has 0 atom stereocenters. The zero-order valence-electron chi connectivity index (χ0n) is 10.3. The monoisotopic (exact) mass is 268 g/mol. The maximum Gasteiger partial charge on any atom is 1.00 e. The fourth-order valence-corrected chi connectivity index (χ4v) is 1.86. The van der Waals surface area contributed by atoms with Crippen molar-refractivity contribution in [3.8, 4) is 5.75 Å². The Kier molecular flexibility index (Phi) is 4.81. The average molecular weight is 268 g/mol. The third-order valence-electron chi connectivity index (χ3n) is 2.85. The number of fused-ring (bicyclic) bond motifs is 1. The second-order valence-corrected chi connectivity index (χ2v) is 4.80. The van der Waals surface area contributed by atoms with E-state index in [9.17, 15) is 12.9 Å². The van der Waals surface area contributed by atoms with Gasteiger partial charge in [0, 0.05) is 0 Å². The van der Waals surface area contributed by atoms with Gasteiger partial charge in [-0.15, -0.1) is 5.46 Å². The molecule has 1 aromatic carbocycles. The van der Waals surface area contributed by atoms with Crippen molar-refractivity contribution in [2.24, 2.45) is 0 Å². The first-order valence-corrected chi connectivity index (χ1v) is 5.30. The van der Waals surface area contributed by atoms with E-state index < -0.39 is 12.4 Å². The standard InChI is InChI=1S/C11H13BF3O.K/c1-11(2)6-5-8-3-4-9(12(13,14)15)7-10(8)16-11;/h3-4,7H,5-6H2,1-2H3;/q-1;+1. The van der Waals surface area contributed by atoms with Crippen LogP contribution in [0.25, 0.3) is 0 Å². The number of aryl methyl sites for hydroxylation is 1. The van der Waals surface area contributed by atoms with E-state index in [0.717, 1.165) is 30.5 Å². The van der Waals surface area contributed by atoms with Crippen LogP contribution in [0.4, 0.5) is 12.9 Å². The summed E-state index contributed by atoms with van der Waals surface area (Å²) in [6, 6.07) is 3.78. The molecule has 1 nitrogen and oxygen atoms in total. The Morgan fingerprint density at radius 2 is 1.88 bits per heavy atom. The van der Waals surface area contributed by atoms with E-state index in [-0.39, 0.29) is 57.0 Å². The molecule has 1 aliphatic rings. The van der Waals surface area contributed by atoms with Gasteiger partial charge in [-0.25, -0.2) is 0 Å². The molecule has 0 amide bonds. The summed E-state index contributed by atoms with van der Waals surface area (Å²) >= 11 is 0. The van der Waals surface area contributed by atoms with Crippen LogP contribution in [0, 0.1) is 0 Å². The van der Waals surface area contributed by atoms with E-state index >= 15 is 0 Å². The molecule has 0 saturated heterocycles. The molecule has 0 saturated carbocycles. The normalized spacial score (nSPS) is 17.7. The van der Waals surface area contributed by atoms with Gasteiger partial charge >= 0.3 is 58.4 Å². The minimum atomic E-state index is -4.94. The van der Waals surface area contributed by atoms with Crippen molar-refractivity contribution in [3.63, 3.8) is 0 Å². The fraction of sp³-hybridized carbons (Fsp3) is 0.455. The predicted octanol–water partition coefficient (Wildman–Crippen LogP) is -0.151. The van der Waals surface area contributed by atoms with Gasteiger partial charge in [-0.2, -0.15) is 0 Å². The molecule has 0 N–H and O–H groups in total. The van der Waals surface area contributed by atoms with Crippen molar-refractivity contribution in [3.05, 3.63) is 23.8 Å². The minimum Gasteiger partial charge on any atom is -0.488 e. The molecule has 6 heteroatoms. The Hall–Kier alpha value is 0.511. The van der Waals surface area contributed by atoms with E-state index in [2.05, 4.69) is 0 Å². The summed E-state index contributed by atoms with van der Waals surface area (Å²) in [4.78, 5) is 0. The molecular weight excluding hydrogens is 255 g/mol. The van der Waals surface area contributed by atoms with Crippen LogP contribution in [-0.4, -0.2) is 12.6 Å². The maximum absolute atomic E-state index is 12.6. The van der Waals surface area contributed by atoms with Crippen LogP contribution < -0.4 is 61.6 Å². The molecule has 0 aliphatic carbocycles. The van der Waals surface area contributed by atoms with Gasteiger partial charge in [0.1, 0.15) is 11.4 Å². The molecule has 0 aromatic heterocycles. The van der Waals surface area contributed by atoms with Gasteiger partial charge in [0.05, 0.1) is 0 Å². The second-order valence-electron chi connectivity index (χ2n) is 4.80. The maximum atomic E-state index is 12.6. The van der Waals surface area contributed by atoms with Crippen LogP contribution in [0.15, 0.2) is 18.2 Å². The van der Waals surface area contributed by atoms with Crippen molar-refractivity contribution < 1.29 is 69.1 Å². The molecule has 2 rings (SSSR count). The molecule has 0 fully saturated rings. The Bertz CT molecular complexity index is 418. The first-order chi connectivity index (χ1) is 7.28. The number of hydrogen-bond donors (Lipinski definition) is 0. The summed E-state index contributed by atoms with van der Waals surface area (Å²) in [5.74, 6) is 0.382. The van der Waals surface area contributed by atoms with E-state index in [4.69, 9.17) is 4.74 Å². The Morgan fingerprint density at radius 1 is 1.24 bits per heavy atom. The number of benzene rings is 1. The summed E-state index contributed by atoms with van der Waals surface area (Å²) in [7, 11) is 0. The van der Waals surface area contributed by atoms with Crippen molar-refractivity contribution in [1.82, 2.24) is 0 Å². The third-order valence-corrected chi connectivity index (χ3v) is 2.85. The van der Waals surface area contributed by atoms with E-state index in [1.54, 1.807) is 0 Å². The number of rotatable bonds is 1. The van der Waals surface area contributed by atoms with E-state index in [1.807, 2.05) is 13.8 Å². The van der Waals surface area contributed by atoms with Crippen molar-refractivity contribution in [2.45, 2.75) is 32.3 Å². The van der Waals surface area contributed by atoms with Crippen molar-refractivity contribution in [2.75, 3.05) is 0 Å². The molecule has 1 aliphatic heterocycles. The van der Waals surface area contributed by atoms with Crippen molar-refractivity contribution in [1.29, 1.82) is 0 Å². The van der Waals surface area contributed by atoms with Crippen LogP contribution in [0.5, 0.6) is 5.75 Å². The van der Waals surface area contributed by atoms with Crippen LogP contribution >= 0.6 is 0 Å². The Balaban J connectivity index is 0.00000144. The molecule has 0 radical (unpaired) electrons. The van der Waals surface area contributed by atoms with E-state index in [0.29, 0.717) is 5.75 Å². The first-order valence-electron chi connectivity index (χ1n) is 5.30. The summed E-state index contributed by atoms with van der Waals surface area (Å²) in [5.41, 5.74) is -0.0934. The van der Waals surface area contributed by atoms with Gasteiger partial charge in [-0.1, -0.05) is 12.1 Å². The third kappa shape index (κ3) is 3.73. The topological polar surface area (TPSA) is 9.23 Å². The molecule has 88 valence electrons. The molecule has 1 aromatic rings. The molecule has 0 bridgehead atoms. The fourth-order valence-electron chi connectivity index (χ4n) is 1.86. The molecule has 1 heterocycles. The Morgan fingerprint density at radius 3 is 2.47 bits per heavy atom. The summed E-state index contributed by atoms with van der Waals surface area (Å²) in [6.07, 6.45) is 1.60. The molecule has 0 spiro atoms. The van der Waals surface area contributed by atoms with Crippen LogP contribution in [0.3, 0.4) is 0 Å². The van der Waals surface area contributed by atoms with Gasteiger partial charge < -0.3 is 17.7 Å². The second kappa shape index (κ2) is 5.25. The Labute approximate surface area is 142 Å². The zero-order valence-corrected chi connectivity index (χ0v) is 13.4. The van der Waals surface area contributed by atoms with E-state index in [1.165, 1.54) is 6.07 Å². The van der Waals surface area contributed by atoms with Crippen LogP contribution in [-0.2, 0) is 6.42 Å². The molecule has 17 heavy (non-hydrogen) atoms. The largest absolute Gasteiger partial charge is 1.00 e. The first kappa shape index (κ1) is 15.6. The number of hydrogen-bond acceptors (Lipinski definition) is 1. The smallest absolute Gasteiger partial charge is 0.488 e. The number of ether oxygens (including phenoxy) is 1. The molecular formula is C11H13BF3KO. The van der Waals surface area contributed by atoms with Gasteiger partial charge in [-0.05, 0) is 38.3 Å². The number of halogens is 3. The summed E-state index contributed by atoms with van der Waals surface area (Å²) in [5, 5.41) is 0. The average Bonchev–Trinajstić information content (AvgIpc) is 2.13. The molecule has 0 unspecified atom stereocenters. The zero-order chi connectivity index (χ0) is 12.0. The van der Waals surface area contributed by atoms with Gasteiger partial charge in [0.2, 0.25) is 0 Å². The van der Waals surface area contributed by atoms with Crippen LogP contribution in [0.2, 0.25) is 0 Å². The minimum absolute atomic E-state index is 0. The van der Waals surface area contributed by atoms with Gasteiger partial charge in [-0.3, -0.25) is 0 Å². The quantitative estimate of drug-likeness (QED) is 0.644. The summed E-state index contributed by atoms with van der Waals surface area (Å²) in [6.45, 7) is -1.16. The SMILES string of the molecule is CC1(C)CCc2ccc([B-](F)(F)F)cc2O1.[K+]. The van der Waals surface area contributed by atoms with Crippen molar-refractivity contribution >= 4 is 12.4 Å². The van der Waals surface area contributed by atoms with Crippen LogP contribution in [0.1, 0.15) is 25.8 Å². The van der Waals surface area contributed by atoms with Gasteiger partial charge in [0.25, 0.3) is 0 Å².